The van der Waals surface area contributed by atoms with Crippen molar-refractivity contribution in [2.45, 2.75) is 52.5 Å². The van der Waals surface area contributed by atoms with Gasteiger partial charge in [0, 0.05) is 19.3 Å². The van der Waals surface area contributed by atoms with E-state index < -0.39 is 0 Å². The van der Waals surface area contributed by atoms with Crippen molar-refractivity contribution >= 4 is 0 Å². The molecule has 0 radical (unpaired) electrons. The van der Waals surface area contributed by atoms with E-state index in [4.69, 9.17) is 4.74 Å². The third kappa shape index (κ3) is 6.53. The Balaban J connectivity index is 2.46. The Kier molecular flexibility index (Phi) is 9.35. The zero-order chi connectivity index (χ0) is 14.6. The highest BCUT2D eigenvalue weighted by Crippen LogP contribution is 2.24. The van der Waals surface area contributed by atoms with Gasteiger partial charge in [-0.1, -0.05) is 57.5 Å². The molecule has 114 valence electrons. The lowest BCUT2D eigenvalue weighted by Gasteiger charge is -2.26. The van der Waals surface area contributed by atoms with Crippen molar-refractivity contribution in [1.82, 2.24) is 5.32 Å². The van der Waals surface area contributed by atoms with Gasteiger partial charge in [-0.05, 0) is 37.3 Å². The van der Waals surface area contributed by atoms with E-state index >= 15 is 0 Å². The molecule has 0 saturated carbocycles. The molecule has 1 N–H and O–H groups in total. The average Bonchev–Trinajstić information content (AvgIpc) is 2.48. The van der Waals surface area contributed by atoms with Gasteiger partial charge in [0.05, 0.1) is 0 Å². The van der Waals surface area contributed by atoms with E-state index in [0.717, 1.165) is 26.2 Å². The molecule has 2 heteroatoms. The summed E-state index contributed by atoms with van der Waals surface area (Å²) in [5.41, 5.74) is 1.39. The van der Waals surface area contributed by atoms with Gasteiger partial charge in [-0.15, -0.1) is 0 Å². The molecule has 2 nitrogen and oxygen atoms in total. The van der Waals surface area contributed by atoms with Crippen LogP contribution in [-0.4, -0.2) is 19.8 Å². The molecule has 0 aliphatic heterocycles. The van der Waals surface area contributed by atoms with Crippen molar-refractivity contribution in [2.24, 2.45) is 5.92 Å². The topological polar surface area (TPSA) is 21.3 Å². The lowest BCUT2D eigenvalue weighted by atomic mass is 9.92. The summed E-state index contributed by atoms with van der Waals surface area (Å²) in [4.78, 5) is 0. The Morgan fingerprint density at radius 1 is 1.05 bits per heavy atom. The van der Waals surface area contributed by atoms with Crippen molar-refractivity contribution in [1.29, 1.82) is 0 Å². The number of rotatable bonds is 11. The minimum atomic E-state index is 0.436. The first-order chi connectivity index (χ1) is 9.79. The number of nitrogens with one attached hydrogen (secondary N) is 1. The number of benzene rings is 1. The molecule has 1 aromatic rings. The Morgan fingerprint density at radius 3 is 2.45 bits per heavy atom. The molecule has 0 bridgehead atoms. The summed E-state index contributed by atoms with van der Waals surface area (Å²) in [5, 5.41) is 3.68. The van der Waals surface area contributed by atoms with Crippen LogP contribution in [0.15, 0.2) is 30.3 Å². The maximum Gasteiger partial charge on any atom is 0.0469 e. The Hall–Kier alpha value is -0.860. The summed E-state index contributed by atoms with van der Waals surface area (Å²) in [7, 11) is 0. The molecule has 0 saturated heterocycles. The monoisotopic (exact) mass is 277 g/mol. The van der Waals surface area contributed by atoms with E-state index in [0.29, 0.717) is 12.0 Å². The number of ether oxygens (including phenoxy) is 1. The van der Waals surface area contributed by atoms with Crippen molar-refractivity contribution in [3.05, 3.63) is 35.9 Å². The summed E-state index contributed by atoms with van der Waals surface area (Å²) in [5.74, 6) is 0.588. The Labute approximate surface area is 124 Å². The fourth-order valence-corrected chi connectivity index (χ4v) is 2.39. The molecule has 20 heavy (non-hydrogen) atoms. The van der Waals surface area contributed by atoms with Crippen molar-refractivity contribution < 1.29 is 4.74 Å². The van der Waals surface area contributed by atoms with Crippen LogP contribution in [0.3, 0.4) is 0 Å². The molecule has 1 aromatic carbocycles. The van der Waals surface area contributed by atoms with Gasteiger partial charge in [-0.2, -0.15) is 0 Å². The Bertz CT molecular complexity index is 325. The molecule has 0 aliphatic carbocycles. The zero-order valence-electron chi connectivity index (χ0n) is 13.4. The van der Waals surface area contributed by atoms with Crippen LogP contribution in [0, 0.1) is 5.92 Å². The van der Waals surface area contributed by atoms with Crippen LogP contribution in [0.25, 0.3) is 0 Å². The van der Waals surface area contributed by atoms with Gasteiger partial charge in [0.1, 0.15) is 0 Å². The van der Waals surface area contributed by atoms with Crippen LogP contribution in [0.1, 0.15) is 58.1 Å². The highest BCUT2D eigenvalue weighted by atomic mass is 16.5. The Morgan fingerprint density at radius 2 is 1.80 bits per heavy atom. The first-order valence-corrected chi connectivity index (χ1v) is 8.15. The van der Waals surface area contributed by atoms with Gasteiger partial charge in [0.2, 0.25) is 0 Å². The minimum Gasteiger partial charge on any atom is -0.381 e. The lowest BCUT2D eigenvalue weighted by molar-refractivity contribution is 0.114. The third-order valence-electron chi connectivity index (χ3n) is 3.70. The van der Waals surface area contributed by atoms with Crippen molar-refractivity contribution in [2.75, 3.05) is 19.8 Å². The molecular weight excluding hydrogens is 246 g/mol. The van der Waals surface area contributed by atoms with Crippen LogP contribution in [0.4, 0.5) is 0 Å². The van der Waals surface area contributed by atoms with Crippen LogP contribution in [0.2, 0.25) is 0 Å². The van der Waals surface area contributed by atoms with E-state index in [1.165, 1.54) is 24.8 Å². The van der Waals surface area contributed by atoms with Gasteiger partial charge in [0.25, 0.3) is 0 Å². The number of unbranched alkanes of at least 4 members (excludes halogenated alkanes) is 1. The van der Waals surface area contributed by atoms with Crippen molar-refractivity contribution in [3.63, 3.8) is 0 Å². The van der Waals surface area contributed by atoms with Crippen LogP contribution in [0.5, 0.6) is 0 Å². The summed E-state index contributed by atoms with van der Waals surface area (Å²) in [6.07, 6.45) is 4.66. The third-order valence-corrected chi connectivity index (χ3v) is 3.70. The standard InChI is InChI=1S/C18H31NO/c1-4-6-14-20-15-12-16(3)18(19-13-5-2)17-10-8-7-9-11-17/h7-11,16,18-19H,4-6,12-15H2,1-3H3. The maximum absolute atomic E-state index is 5.71. The smallest absolute Gasteiger partial charge is 0.0469 e. The normalized spacial score (nSPS) is 14.2. The fourth-order valence-electron chi connectivity index (χ4n) is 2.39. The SMILES string of the molecule is CCCCOCCC(C)C(NCCC)c1ccccc1. The zero-order valence-corrected chi connectivity index (χ0v) is 13.4. The van der Waals surface area contributed by atoms with Gasteiger partial charge in [-0.25, -0.2) is 0 Å². The molecule has 2 unspecified atom stereocenters. The molecule has 1 rings (SSSR count). The molecule has 0 amide bonds. The summed E-state index contributed by atoms with van der Waals surface area (Å²) in [6, 6.07) is 11.2. The minimum absolute atomic E-state index is 0.436. The fraction of sp³-hybridized carbons (Fsp3) is 0.667. The predicted molar refractivity (Wildman–Crippen MR) is 87.0 cm³/mol. The highest BCUT2D eigenvalue weighted by molar-refractivity contribution is 5.19. The number of hydrogen-bond donors (Lipinski definition) is 1. The molecule has 0 spiro atoms. The largest absolute Gasteiger partial charge is 0.381 e. The molecule has 0 heterocycles. The molecule has 2 atom stereocenters. The highest BCUT2D eigenvalue weighted by Gasteiger charge is 2.18. The number of hydrogen-bond acceptors (Lipinski definition) is 2. The summed E-state index contributed by atoms with van der Waals surface area (Å²) < 4.78 is 5.71. The van der Waals surface area contributed by atoms with Gasteiger partial charge in [-0.3, -0.25) is 0 Å². The molecular formula is C18H31NO. The van der Waals surface area contributed by atoms with Gasteiger partial charge < -0.3 is 10.1 Å². The van der Waals surface area contributed by atoms with Crippen LogP contribution in [-0.2, 0) is 4.74 Å². The lowest BCUT2D eigenvalue weighted by Crippen LogP contribution is -2.28. The average molecular weight is 277 g/mol. The van der Waals surface area contributed by atoms with E-state index in [1.807, 2.05) is 0 Å². The first kappa shape index (κ1) is 17.2. The second-order valence-electron chi connectivity index (χ2n) is 5.57. The molecule has 0 aromatic heterocycles. The van der Waals surface area contributed by atoms with Crippen molar-refractivity contribution in [3.8, 4) is 0 Å². The maximum atomic E-state index is 5.71. The molecule has 0 fully saturated rings. The summed E-state index contributed by atoms with van der Waals surface area (Å²) >= 11 is 0. The van der Waals surface area contributed by atoms with Gasteiger partial charge in [0.15, 0.2) is 0 Å². The van der Waals surface area contributed by atoms with E-state index in [1.54, 1.807) is 0 Å². The predicted octanol–water partition coefficient (Wildman–Crippen LogP) is 4.57. The second-order valence-corrected chi connectivity index (χ2v) is 5.57. The molecule has 0 aliphatic rings. The van der Waals surface area contributed by atoms with E-state index in [9.17, 15) is 0 Å². The van der Waals surface area contributed by atoms with Crippen LogP contribution < -0.4 is 5.32 Å². The quantitative estimate of drug-likeness (QED) is 0.598. The van der Waals surface area contributed by atoms with E-state index in [2.05, 4.69) is 56.4 Å². The first-order valence-electron chi connectivity index (χ1n) is 8.15. The van der Waals surface area contributed by atoms with Gasteiger partial charge >= 0.3 is 0 Å². The van der Waals surface area contributed by atoms with E-state index in [-0.39, 0.29) is 0 Å². The van der Waals surface area contributed by atoms with Crippen LogP contribution >= 0.6 is 0 Å². The summed E-state index contributed by atoms with van der Waals surface area (Å²) in [6.45, 7) is 9.59. The second kappa shape index (κ2) is 10.9.